The number of nitrogens with zero attached hydrogens (tertiary/aromatic N) is 2. The highest BCUT2D eigenvalue weighted by Gasteiger charge is 2.31. The largest absolute Gasteiger partial charge is 0.491 e. The third-order valence-corrected chi connectivity index (χ3v) is 4.61. The Morgan fingerprint density at radius 2 is 1.92 bits per heavy atom. The van der Waals surface area contributed by atoms with Gasteiger partial charge in [-0.15, -0.1) is 0 Å². The molecule has 2 rings (SSSR count). The number of halogens is 4. The smallest absolute Gasteiger partial charge is 0.405 e. The third-order valence-electron chi connectivity index (χ3n) is 4.30. The molecule has 0 radical (unpaired) electrons. The van der Waals surface area contributed by atoms with Gasteiger partial charge in [0.1, 0.15) is 18.9 Å². The van der Waals surface area contributed by atoms with Crippen LogP contribution < -0.4 is 10.1 Å². The first-order valence-corrected chi connectivity index (χ1v) is 8.82. The minimum absolute atomic E-state index is 0.491. The van der Waals surface area contributed by atoms with Crippen molar-refractivity contribution in [2.24, 2.45) is 0 Å². The summed E-state index contributed by atoms with van der Waals surface area (Å²) in [4.78, 5) is 15.9. The fourth-order valence-electron chi connectivity index (χ4n) is 2.72. The van der Waals surface area contributed by atoms with E-state index in [0.29, 0.717) is 37.0 Å². The first-order valence-electron chi connectivity index (χ1n) is 8.44. The quantitative estimate of drug-likeness (QED) is 0.772. The molecule has 0 saturated carbocycles. The SMILES string of the molecule is CC(C(=O)NCC(F)(F)F)N1CCN(CCOc2ccccc2Cl)CC1. The predicted molar refractivity (Wildman–Crippen MR) is 93.5 cm³/mol. The zero-order valence-corrected chi connectivity index (χ0v) is 15.3. The lowest BCUT2D eigenvalue weighted by molar-refractivity contribution is -0.141. The molecule has 1 aliphatic rings. The highest BCUT2D eigenvalue weighted by atomic mass is 35.5. The van der Waals surface area contributed by atoms with Crippen molar-refractivity contribution in [1.29, 1.82) is 0 Å². The Hall–Kier alpha value is -1.51. The number of rotatable bonds is 7. The van der Waals surface area contributed by atoms with Gasteiger partial charge in [-0.05, 0) is 19.1 Å². The number of carbonyl (C=O) groups excluding carboxylic acids is 1. The number of hydrogen-bond acceptors (Lipinski definition) is 4. The molecular weight excluding hydrogens is 371 g/mol. The van der Waals surface area contributed by atoms with Gasteiger partial charge in [-0.3, -0.25) is 14.6 Å². The summed E-state index contributed by atoms with van der Waals surface area (Å²) < 4.78 is 42.2. The molecule has 9 heteroatoms. The molecule has 0 aliphatic carbocycles. The van der Waals surface area contributed by atoms with Crippen molar-refractivity contribution in [3.8, 4) is 5.75 Å². The Morgan fingerprint density at radius 3 is 2.54 bits per heavy atom. The average Bonchev–Trinajstić information content (AvgIpc) is 2.60. The van der Waals surface area contributed by atoms with Crippen LogP contribution in [0.3, 0.4) is 0 Å². The molecule has 146 valence electrons. The van der Waals surface area contributed by atoms with E-state index in [2.05, 4.69) is 4.90 Å². The summed E-state index contributed by atoms with van der Waals surface area (Å²) >= 11 is 6.03. The van der Waals surface area contributed by atoms with Gasteiger partial charge in [0, 0.05) is 32.7 Å². The molecule has 1 amide bonds. The Bertz CT molecular complexity index is 593. The van der Waals surface area contributed by atoms with Crippen molar-refractivity contribution in [2.75, 3.05) is 45.9 Å². The first kappa shape index (κ1) is 20.8. The van der Waals surface area contributed by atoms with Crippen molar-refractivity contribution in [3.05, 3.63) is 29.3 Å². The van der Waals surface area contributed by atoms with Crippen LogP contribution in [0.1, 0.15) is 6.92 Å². The summed E-state index contributed by atoms with van der Waals surface area (Å²) in [5.41, 5.74) is 0. The standard InChI is InChI=1S/C17H23ClF3N3O2/c1-13(16(25)22-12-17(19,20)21)24-8-6-23(7-9-24)10-11-26-15-5-3-2-4-14(15)18/h2-5,13H,6-12H2,1H3,(H,22,25). The van der Waals surface area contributed by atoms with E-state index in [4.69, 9.17) is 16.3 Å². The second-order valence-corrected chi connectivity index (χ2v) is 6.57. The number of benzene rings is 1. The fraction of sp³-hybridized carbons (Fsp3) is 0.588. The van der Waals surface area contributed by atoms with Crippen LogP contribution in [-0.2, 0) is 4.79 Å². The zero-order valence-electron chi connectivity index (χ0n) is 14.6. The summed E-state index contributed by atoms with van der Waals surface area (Å²) in [6.07, 6.45) is -4.39. The van der Waals surface area contributed by atoms with E-state index in [0.717, 1.165) is 13.1 Å². The molecule has 0 bridgehead atoms. The number of carbonyl (C=O) groups is 1. The van der Waals surface area contributed by atoms with Crippen LogP contribution in [0.25, 0.3) is 0 Å². The molecule has 1 aliphatic heterocycles. The van der Waals surface area contributed by atoms with Gasteiger partial charge in [-0.2, -0.15) is 13.2 Å². The van der Waals surface area contributed by atoms with Gasteiger partial charge in [0.2, 0.25) is 5.91 Å². The molecule has 1 saturated heterocycles. The number of alkyl halides is 3. The second kappa shape index (κ2) is 9.43. The molecular formula is C17H23ClF3N3O2. The Morgan fingerprint density at radius 1 is 1.27 bits per heavy atom. The van der Waals surface area contributed by atoms with Crippen molar-refractivity contribution < 1.29 is 22.7 Å². The lowest BCUT2D eigenvalue weighted by atomic mass is 10.2. The molecule has 1 aromatic rings. The van der Waals surface area contributed by atoms with Crippen molar-refractivity contribution in [1.82, 2.24) is 15.1 Å². The number of para-hydroxylation sites is 1. The number of piperazine rings is 1. The summed E-state index contributed by atoms with van der Waals surface area (Å²) in [5, 5.41) is 2.50. The summed E-state index contributed by atoms with van der Waals surface area (Å²) in [7, 11) is 0. The van der Waals surface area contributed by atoms with Gasteiger partial charge in [0.15, 0.2) is 0 Å². The number of amides is 1. The number of hydrogen-bond donors (Lipinski definition) is 1. The van der Waals surface area contributed by atoms with E-state index in [-0.39, 0.29) is 0 Å². The Kier molecular flexibility index (Phi) is 7.55. The van der Waals surface area contributed by atoms with Crippen molar-refractivity contribution >= 4 is 17.5 Å². The normalized spacial score (nSPS) is 17.7. The van der Waals surface area contributed by atoms with E-state index in [1.54, 1.807) is 13.0 Å². The van der Waals surface area contributed by atoms with Gasteiger partial charge < -0.3 is 10.1 Å². The number of nitrogens with one attached hydrogen (secondary N) is 1. The number of ether oxygens (including phenoxy) is 1. The van der Waals surface area contributed by atoms with E-state index in [1.807, 2.05) is 28.4 Å². The molecule has 0 aromatic heterocycles. The molecule has 1 atom stereocenters. The Labute approximate surface area is 156 Å². The molecule has 0 spiro atoms. The highest BCUT2D eigenvalue weighted by Crippen LogP contribution is 2.23. The van der Waals surface area contributed by atoms with E-state index in [1.165, 1.54) is 0 Å². The second-order valence-electron chi connectivity index (χ2n) is 6.17. The van der Waals surface area contributed by atoms with Crippen molar-refractivity contribution in [2.45, 2.75) is 19.1 Å². The van der Waals surface area contributed by atoms with Crippen LogP contribution in [-0.4, -0.2) is 73.8 Å². The van der Waals surface area contributed by atoms with Gasteiger partial charge in [-0.1, -0.05) is 23.7 Å². The lowest BCUT2D eigenvalue weighted by Crippen LogP contribution is -2.55. The van der Waals surface area contributed by atoms with Gasteiger partial charge in [0.25, 0.3) is 0 Å². The van der Waals surface area contributed by atoms with E-state index < -0.39 is 24.7 Å². The first-order chi connectivity index (χ1) is 12.3. The van der Waals surface area contributed by atoms with Crippen LogP contribution in [0, 0.1) is 0 Å². The summed E-state index contributed by atoms with van der Waals surface area (Å²) in [6, 6.07) is 6.67. The van der Waals surface area contributed by atoms with Crippen LogP contribution >= 0.6 is 11.6 Å². The van der Waals surface area contributed by atoms with Crippen LogP contribution in [0.5, 0.6) is 5.75 Å². The fourth-order valence-corrected chi connectivity index (χ4v) is 2.91. The topological polar surface area (TPSA) is 44.8 Å². The van der Waals surface area contributed by atoms with E-state index >= 15 is 0 Å². The molecule has 1 fully saturated rings. The molecule has 5 nitrogen and oxygen atoms in total. The molecule has 1 heterocycles. The average molecular weight is 394 g/mol. The van der Waals surface area contributed by atoms with Gasteiger partial charge in [0.05, 0.1) is 11.1 Å². The van der Waals surface area contributed by atoms with Crippen LogP contribution in [0.15, 0.2) is 24.3 Å². The van der Waals surface area contributed by atoms with Crippen molar-refractivity contribution in [3.63, 3.8) is 0 Å². The molecule has 26 heavy (non-hydrogen) atoms. The minimum Gasteiger partial charge on any atom is -0.491 e. The maximum Gasteiger partial charge on any atom is 0.405 e. The molecule has 1 N–H and O–H groups in total. The lowest BCUT2D eigenvalue weighted by Gasteiger charge is -2.37. The third kappa shape index (κ3) is 6.66. The summed E-state index contributed by atoms with van der Waals surface area (Å²) in [6.45, 7) is 4.22. The van der Waals surface area contributed by atoms with E-state index in [9.17, 15) is 18.0 Å². The zero-order chi connectivity index (χ0) is 19.2. The maximum atomic E-state index is 12.2. The Balaban J connectivity index is 1.68. The predicted octanol–water partition coefficient (Wildman–Crippen LogP) is 2.40. The summed E-state index contributed by atoms with van der Waals surface area (Å²) in [5.74, 6) is 0.0422. The van der Waals surface area contributed by atoms with Gasteiger partial charge in [-0.25, -0.2) is 0 Å². The van der Waals surface area contributed by atoms with Crippen LogP contribution in [0.2, 0.25) is 5.02 Å². The molecule has 1 unspecified atom stereocenters. The van der Waals surface area contributed by atoms with Gasteiger partial charge >= 0.3 is 6.18 Å². The molecule has 1 aromatic carbocycles. The highest BCUT2D eigenvalue weighted by molar-refractivity contribution is 6.32. The maximum absolute atomic E-state index is 12.2. The minimum atomic E-state index is -4.39. The van der Waals surface area contributed by atoms with Crippen LogP contribution in [0.4, 0.5) is 13.2 Å². The monoisotopic (exact) mass is 393 g/mol.